The number of nitrogens with zero attached hydrogens (tertiary/aromatic N) is 3. The lowest BCUT2D eigenvalue weighted by Gasteiger charge is -2.69. The summed E-state index contributed by atoms with van der Waals surface area (Å²) in [6, 6.07) is 13.7. The molecule has 5 aliphatic rings. The highest BCUT2D eigenvalue weighted by Gasteiger charge is 2.63. The highest BCUT2D eigenvalue weighted by atomic mass is 16.5. The van der Waals surface area contributed by atoms with E-state index in [4.69, 9.17) is 16.1 Å². The molecule has 3 saturated carbocycles. The molecule has 0 spiro atoms. The number of H-pyrrole nitrogens is 1. The van der Waals surface area contributed by atoms with E-state index in [0.717, 1.165) is 36.9 Å². The van der Waals surface area contributed by atoms with E-state index >= 15 is 0 Å². The molecule has 168 valence electrons. The van der Waals surface area contributed by atoms with Gasteiger partial charge in [-0.15, -0.1) is 6.42 Å². The molecule has 2 aliphatic heterocycles. The zero-order valence-electron chi connectivity index (χ0n) is 19.1. The summed E-state index contributed by atoms with van der Waals surface area (Å²) >= 11 is 0. The fourth-order valence-electron chi connectivity index (χ4n) is 6.91. The first-order chi connectivity index (χ1) is 16.1. The van der Waals surface area contributed by atoms with Gasteiger partial charge in [-0.3, -0.25) is 14.8 Å². The van der Waals surface area contributed by atoms with E-state index in [1.165, 1.54) is 41.4 Å². The molecule has 4 heterocycles. The molecule has 1 N–H and O–H groups in total. The van der Waals surface area contributed by atoms with Crippen LogP contribution >= 0.6 is 0 Å². The van der Waals surface area contributed by atoms with Gasteiger partial charge in [-0.05, 0) is 62.3 Å². The largest absolute Gasteiger partial charge is 0.486 e. The second-order valence-corrected chi connectivity index (χ2v) is 10.7. The molecule has 5 heteroatoms. The molecule has 0 amide bonds. The highest BCUT2D eigenvalue weighted by Crippen LogP contribution is 2.64. The molecular weight excluding hydrogens is 408 g/mol. The Bertz CT molecular complexity index is 1230. The number of hydrogen-bond acceptors (Lipinski definition) is 4. The quantitative estimate of drug-likeness (QED) is 0.608. The third-order valence-corrected chi connectivity index (χ3v) is 8.51. The first-order valence-corrected chi connectivity index (χ1v) is 12.3. The van der Waals surface area contributed by atoms with Crippen LogP contribution in [0.25, 0.3) is 10.9 Å². The number of aromatic nitrogens is 2. The number of terminal acetylenes is 1. The van der Waals surface area contributed by atoms with Gasteiger partial charge in [0.2, 0.25) is 0 Å². The predicted molar refractivity (Wildman–Crippen MR) is 129 cm³/mol. The molecule has 2 bridgehead atoms. The van der Waals surface area contributed by atoms with Crippen molar-refractivity contribution in [2.24, 2.45) is 5.92 Å². The minimum atomic E-state index is 0.168. The van der Waals surface area contributed by atoms with Crippen LogP contribution in [0.3, 0.4) is 0 Å². The first kappa shape index (κ1) is 19.6. The molecule has 1 saturated heterocycles. The Kier molecular flexibility index (Phi) is 4.22. The van der Waals surface area contributed by atoms with Gasteiger partial charge in [0, 0.05) is 41.3 Å². The van der Waals surface area contributed by atoms with Crippen LogP contribution < -0.4 is 4.74 Å². The van der Waals surface area contributed by atoms with E-state index in [1.807, 2.05) is 6.20 Å². The number of pyridine rings is 1. The standard InChI is InChI=1S/C28H30N4O/c1-3-10-31-16-21(17-31)33-20-8-9-25(29-15-20)27-26-23(22-6-4-5-7-24(22)30-26)11-18(2)32(27)28-12-19(13-28)14-28/h1,4-9,15,18-19,21,27,30H,10-14,16-17H2,2H3/t18-,19?,27-,28?/m1/s1. The average Bonchev–Trinajstić information content (AvgIpc) is 3.09. The van der Waals surface area contributed by atoms with E-state index in [-0.39, 0.29) is 12.1 Å². The number of hydrogen-bond donors (Lipinski definition) is 1. The van der Waals surface area contributed by atoms with Crippen molar-refractivity contribution in [3.8, 4) is 18.1 Å². The lowest BCUT2D eigenvalue weighted by molar-refractivity contribution is -0.174. The Morgan fingerprint density at radius 2 is 2.00 bits per heavy atom. The minimum absolute atomic E-state index is 0.168. The van der Waals surface area contributed by atoms with Crippen molar-refractivity contribution in [1.82, 2.24) is 19.8 Å². The van der Waals surface area contributed by atoms with Gasteiger partial charge < -0.3 is 9.72 Å². The topological polar surface area (TPSA) is 44.4 Å². The average molecular weight is 439 g/mol. The maximum Gasteiger partial charge on any atom is 0.138 e. The molecule has 0 radical (unpaired) electrons. The monoisotopic (exact) mass is 438 g/mol. The molecular formula is C28H30N4O. The number of ether oxygens (including phenoxy) is 1. The van der Waals surface area contributed by atoms with Crippen LogP contribution in [-0.2, 0) is 6.42 Å². The van der Waals surface area contributed by atoms with Gasteiger partial charge in [0.25, 0.3) is 0 Å². The molecule has 8 rings (SSSR count). The highest BCUT2D eigenvalue weighted by molar-refractivity contribution is 5.85. The molecule has 1 aromatic carbocycles. The molecule has 3 aliphatic carbocycles. The summed E-state index contributed by atoms with van der Waals surface area (Å²) in [5.41, 5.74) is 5.53. The van der Waals surface area contributed by atoms with E-state index < -0.39 is 0 Å². The second kappa shape index (κ2) is 7.09. The molecule has 2 aromatic heterocycles. The van der Waals surface area contributed by atoms with Crippen LogP contribution in [0, 0.1) is 18.3 Å². The molecule has 3 aromatic rings. The van der Waals surface area contributed by atoms with E-state index in [9.17, 15) is 0 Å². The van der Waals surface area contributed by atoms with Crippen LogP contribution in [0.4, 0.5) is 0 Å². The summed E-state index contributed by atoms with van der Waals surface area (Å²) in [5, 5.41) is 1.36. The van der Waals surface area contributed by atoms with Crippen LogP contribution in [0.5, 0.6) is 5.75 Å². The number of benzene rings is 1. The Morgan fingerprint density at radius 1 is 1.18 bits per heavy atom. The summed E-state index contributed by atoms with van der Waals surface area (Å²) in [4.78, 5) is 13.8. The van der Waals surface area contributed by atoms with Crippen LogP contribution in [0.15, 0.2) is 42.6 Å². The minimum Gasteiger partial charge on any atom is -0.486 e. The van der Waals surface area contributed by atoms with Gasteiger partial charge in [-0.1, -0.05) is 24.1 Å². The summed E-state index contributed by atoms with van der Waals surface area (Å²) < 4.78 is 6.15. The SMILES string of the molecule is C#CCN1CC(Oc2ccc([C@@H]3c4[nH]c5ccccc5c4C[C@@H](C)N3C34CC(C3)C4)nc2)C1. The van der Waals surface area contributed by atoms with Crippen molar-refractivity contribution in [3.63, 3.8) is 0 Å². The molecule has 33 heavy (non-hydrogen) atoms. The number of fused-ring (bicyclic) bond motifs is 3. The van der Waals surface area contributed by atoms with Crippen molar-refractivity contribution in [2.75, 3.05) is 19.6 Å². The maximum atomic E-state index is 6.15. The number of aromatic amines is 1. The zero-order chi connectivity index (χ0) is 22.2. The first-order valence-electron chi connectivity index (χ1n) is 12.3. The lowest BCUT2D eigenvalue weighted by Crippen LogP contribution is -2.71. The summed E-state index contributed by atoms with van der Waals surface area (Å²) in [5.74, 6) is 4.49. The van der Waals surface area contributed by atoms with Crippen LogP contribution in [0.1, 0.15) is 49.2 Å². The Labute approximate surface area is 195 Å². The summed E-state index contributed by atoms with van der Waals surface area (Å²) in [6.07, 6.45) is 12.7. The van der Waals surface area contributed by atoms with E-state index in [2.05, 4.69) is 64.0 Å². The maximum absolute atomic E-state index is 6.15. The van der Waals surface area contributed by atoms with Gasteiger partial charge in [-0.2, -0.15) is 0 Å². The fraction of sp³-hybridized carbons (Fsp3) is 0.464. The van der Waals surface area contributed by atoms with Crippen molar-refractivity contribution >= 4 is 10.9 Å². The number of likely N-dealkylation sites (tertiary alicyclic amines) is 1. The third-order valence-electron chi connectivity index (χ3n) is 8.51. The van der Waals surface area contributed by atoms with Gasteiger partial charge in [0.05, 0.1) is 24.5 Å². The van der Waals surface area contributed by atoms with Gasteiger partial charge in [0.15, 0.2) is 0 Å². The van der Waals surface area contributed by atoms with Crippen molar-refractivity contribution in [3.05, 3.63) is 59.5 Å². The fourth-order valence-corrected chi connectivity index (χ4v) is 6.91. The predicted octanol–water partition coefficient (Wildman–Crippen LogP) is 4.15. The lowest BCUT2D eigenvalue weighted by atomic mass is 9.48. The Balaban J connectivity index is 1.22. The Hall–Kier alpha value is -2.81. The third kappa shape index (κ3) is 2.90. The van der Waals surface area contributed by atoms with Crippen LogP contribution in [-0.4, -0.2) is 57.1 Å². The summed E-state index contributed by atoms with van der Waals surface area (Å²) in [7, 11) is 0. The number of rotatable bonds is 5. The number of nitrogens with one attached hydrogen (secondary N) is 1. The van der Waals surface area contributed by atoms with Crippen LogP contribution in [0.2, 0.25) is 0 Å². The van der Waals surface area contributed by atoms with Crippen molar-refractivity contribution in [1.29, 1.82) is 0 Å². The molecule has 5 nitrogen and oxygen atoms in total. The second-order valence-electron chi connectivity index (χ2n) is 10.7. The van der Waals surface area contributed by atoms with E-state index in [0.29, 0.717) is 18.1 Å². The van der Waals surface area contributed by atoms with Crippen molar-refractivity contribution < 1.29 is 4.74 Å². The molecule has 4 fully saturated rings. The zero-order valence-corrected chi connectivity index (χ0v) is 19.1. The number of para-hydroxylation sites is 1. The normalized spacial score (nSPS) is 31.2. The Morgan fingerprint density at radius 3 is 2.70 bits per heavy atom. The van der Waals surface area contributed by atoms with Gasteiger partial charge >= 0.3 is 0 Å². The van der Waals surface area contributed by atoms with E-state index in [1.54, 1.807) is 0 Å². The smallest absolute Gasteiger partial charge is 0.138 e. The van der Waals surface area contributed by atoms with Gasteiger partial charge in [0.1, 0.15) is 11.9 Å². The molecule has 0 unspecified atom stereocenters. The van der Waals surface area contributed by atoms with Gasteiger partial charge in [-0.25, -0.2) is 0 Å². The van der Waals surface area contributed by atoms with Crippen molar-refractivity contribution in [2.45, 2.75) is 56.3 Å². The molecule has 2 atom stereocenters. The summed E-state index contributed by atoms with van der Waals surface area (Å²) in [6.45, 7) is 4.89.